The van der Waals surface area contributed by atoms with Crippen LogP contribution in [0.4, 0.5) is 5.69 Å². The average molecular weight is 188 g/mol. The van der Waals surface area contributed by atoms with Crippen molar-refractivity contribution < 1.29 is 14.7 Å². The van der Waals surface area contributed by atoms with E-state index in [-0.39, 0.29) is 17.6 Å². The lowest BCUT2D eigenvalue weighted by molar-refractivity contribution is -0.191. The molecule has 12 heavy (non-hydrogen) atoms. The number of hydrogen-bond acceptors (Lipinski definition) is 4. The number of benzene rings is 1. The molecule has 0 aliphatic heterocycles. The van der Waals surface area contributed by atoms with Gasteiger partial charge in [0.05, 0.1) is 10.7 Å². The smallest absolute Gasteiger partial charge is 0.373 e. The molecule has 0 aliphatic rings. The van der Waals surface area contributed by atoms with Gasteiger partial charge in [-0.15, -0.1) is 0 Å². The van der Waals surface area contributed by atoms with E-state index in [9.17, 15) is 0 Å². The fourth-order valence-electron chi connectivity index (χ4n) is 0.526. The normalized spacial score (nSPS) is 7.75. The van der Waals surface area contributed by atoms with Crippen LogP contribution in [0.3, 0.4) is 0 Å². The zero-order chi connectivity index (χ0) is 9.56. The Hall–Kier alpha value is -1.51. The van der Waals surface area contributed by atoms with Crippen molar-refractivity contribution >= 4 is 23.4 Å². The van der Waals surface area contributed by atoms with Crippen molar-refractivity contribution in [3.63, 3.8) is 0 Å². The number of aromatic hydroxyl groups is 1. The van der Waals surface area contributed by atoms with Gasteiger partial charge in [-0.1, -0.05) is 17.7 Å². The van der Waals surface area contributed by atoms with Gasteiger partial charge in [-0.3, -0.25) is 0 Å². The summed E-state index contributed by atoms with van der Waals surface area (Å²) in [6, 6.07) is 4.74. The molecule has 0 atom stereocenters. The van der Waals surface area contributed by atoms with Crippen molar-refractivity contribution in [2.45, 2.75) is 0 Å². The Kier molecular flexibility index (Phi) is 4.53. The highest BCUT2D eigenvalue weighted by Crippen LogP contribution is 2.26. The number of nitrogens with two attached hydrogens (primary N) is 1. The Morgan fingerprint density at radius 1 is 1.42 bits per heavy atom. The molecule has 0 bridgehead atoms. The average Bonchev–Trinajstić information content (AvgIpc) is 2.02. The van der Waals surface area contributed by atoms with Crippen LogP contribution < -0.4 is 5.73 Å². The summed E-state index contributed by atoms with van der Waals surface area (Å²) >= 11 is 5.53. The highest BCUT2D eigenvalue weighted by Gasteiger charge is 1.97. The van der Waals surface area contributed by atoms with E-state index in [1.165, 1.54) is 6.07 Å². The van der Waals surface area contributed by atoms with Crippen molar-refractivity contribution in [2.24, 2.45) is 0 Å². The molecule has 0 saturated heterocycles. The zero-order valence-electron chi connectivity index (χ0n) is 5.95. The first-order valence-corrected chi connectivity index (χ1v) is 3.23. The molecule has 0 heterocycles. The van der Waals surface area contributed by atoms with Crippen molar-refractivity contribution in [1.29, 1.82) is 0 Å². The summed E-state index contributed by atoms with van der Waals surface area (Å²) in [6.07, 6.45) is 0.250. The van der Waals surface area contributed by atoms with Gasteiger partial charge in [-0.05, 0) is 12.1 Å². The number of anilines is 1. The maximum Gasteiger partial charge on any atom is 0.373 e. The molecule has 0 aromatic heterocycles. The van der Waals surface area contributed by atoms with Crippen LogP contribution in [-0.2, 0) is 9.59 Å². The molecule has 0 unspecified atom stereocenters. The van der Waals surface area contributed by atoms with E-state index in [0.29, 0.717) is 5.02 Å². The highest BCUT2D eigenvalue weighted by atomic mass is 35.5. The topological polar surface area (TPSA) is 80.4 Å². The quantitative estimate of drug-likeness (QED) is 0.470. The van der Waals surface area contributed by atoms with E-state index in [2.05, 4.69) is 0 Å². The van der Waals surface area contributed by atoms with Gasteiger partial charge in [0.25, 0.3) is 0 Å². The summed E-state index contributed by atoms with van der Waals surface area (Å²) in [5.74, 6) is 0.0301. The van der Waals surface area contributed by atoms with Crippen LogP contribution in [0.1, 0.15) is 0 Å². The molecule has 1 rings (SSSR count). The second-order valence-electron chi connectivity index (χ2n) is 1.76. The second kappa shape index (κ2) is 5.18. The van der Waals surface area contributed by atoms with Crippen molar-refractivity contribution in [3.05, 3.63) is 23.2 Å². The van der Waals surface area contributed by atoms with Gasteiger partial charge in [-0.25, -0.2) is 0 Å². The lowest BCUT2D eigenvalue weighted by Gasteiger charge is -1.97. The molecule has 3 N–H and O–H groups in total. The molecule has 5 heteroatoms. The number of hydrogen-bond donors (Lipinski definition) is 2. The molecule has 0 fully saturated rings. The number of halogens is 1. The van der Waals surface area contributed by atoms with Gasteiger partial charge in [0.15, 0.2) is 0 Å². The first kappa shape index (κ1) is 10.5. The van der Waals surface area contributed by atoms with E-state index in [4.69, 9.17) is 32.0 Å². The zero-order valence-corrected chi connectivity index (χ0v) is 6.71. The standard InChI is InChI=1S/C6H6ClNO.CO2/c7-4-2-1-3-5(9)6(4)8;2-1-3/h1-3,9H,8H2;. The van der Waals surface area contributed by atoms with Crippen molar-refractivity contribution in [2.75, 3.05) is 5.73 Å². The molecule has 1 aromatic rings. The minimum atomic E-state index is 0.0301. The van der Waals surface area contributed by atoms with Crippen LogP contribution in [-0.4, -0.2) is 11.3 Å². The molecular weight excluding hydrogens is 182 g/mol. The van der Waals surface area contributed by atoms with Gasteiger partial charge >= 0.3 is 6.15 Å². The summed E-state index contributed by atoms with van der Waals surface area (Å²) in [4.78, 5) is 16.2. The van der Waals surface area contributed by atoms with Crippen molar-refractivity contribution in [1.82, 2.24) is 0 Å². The van der Waals surface area contributed by atoms with Crippen LogP contribution in [0.5, 0.6) is 5.75 Å². The number of phenols is 1. The van der Waals surface area contributed by atoms with E-state index in [1.54, 1.807) is 12.1 Å². The molecular formula is C7H6ClNO3. The fraction of sp³-hybridized carbons (Fsp3) is 0. The minimum absolute atomic E-state index is 0.0301. The summed E-state index contributed by atoms with van der Waals surface area (Å²) < 4.78 is 0. The van der Waals surface area contributed by atoms with Crippen molar-refractivity contribution in [3.8, 4) is 5.75 Å². The van der Waals surface area contributed by atoms with Crippen LogP contribution in [0.25, 0.3) is 0 Å². The van der Waals surface area contributed by atoms with Gasteiger partial charge in [0.2, 0.25) is 0 Å². The van der Waals surface area contributed by atoms with Crippen LogP contribution in [0.15, 0.2) is 18.2 Å². The summed E-state index contributed by atoms with van der Waals surface area (Å²) in [5.41, 5.74) is 5.54. The Morgan fingerprint density at radius 2 is 1.92 bits per heavy atom. The molecule has 0 amide bonds. The summed E-state index contributed by atoms with van der Waals surface area (Å²) in [5, 5.41) is 9.27. The van der Waals surface area contributed by atoms with Gasteiger partial charge in [0.1, 0.15) is 5.75 Å². The second-order valence-corrected chi connectivity index (χ2v) is 2.16. The van der Waals surface area contributed by atoms with Crippen LogP contribution >= 0.6 is 11.6 Å². The molecule has 64 valence electrons. The summed E-state index contributed by atoms with van der Waals surface area (Å²) in [6.45, 7) is 0. The fourth-order valence-corrected chi connectivity index (χ4v) is 0.695. The Morgan fingerprint density at radius 3 is 2.25 bits per heavy atom. The maximum absolute atomic E-state index is 8.89. The third-order valence-electron chi connectivity index (χ3n) is 1.03. The lowest BCUT2D eigenvalue weighted by atomic mass is 10.3. The molecule has 0 radical (unpaired) electrons. The maximum atomic E-state index is 8.89. The van der Waals surface area contributed by atoms with Crippen LogP contribution in [0.2, 0.25) is 5.02 Å². The predicted octanol–water partition coefficient (Wildman–Crippen LogP) is 1.04. The van der Waals surface area contributed by atoms with Gasteiger partial charge < -0.3 is 10.8 Å². The molecule has 0 saturated carbocycles. The largest absolute Gasteiger partial charge is 0.506 e. The first-order chi connectivity index (χ1) is 5.63. The minimum Gasteiger partial charge on any atom is -0.506 e. The lowest BCUT2D eigenvalue weighted by Crippen LogP contribution is -1.85. The van der Waals surface area contributed by atoms with Gasteiger partial charge in [0, 0.05) is 0 Å². The Balaban J connectivity index is 0.000000354. The molecule has 0 aliphatic carbocycles. The SMILES string of the molecule is Nc1c(O)cccc1Cl.O=C=O. The van der Waals surface area contributed by atoms with Crippen LogP contribution in [0, 0.1) is 0 Å². The number of rotatable bonds is 0. The predicted molar refractivity (Wildman–Crippen MR) is 42.5 cm³/mol. The number of carbonyl (C=O) groups excluding carboxylic acids is 2. The van der Waals surface area contributed by atoms with Gasteiger partial charge in [-0.2, -0.15) is 9.59 Å². The number of phenolic OH excluding ortho intramolecular Hbond substituents is 1. The highest BCUT2D eigenvalue weighted by molar-refractivity contribution is 6.33. The Labute approximate surface area is 73.6 Å². The van der Waals surface area contributed by atoms with E-state index in [1.807, 2.05) is 0 Å². The number of nitrogen functional groups attached to an aromatic ring is 1. The molecule has 1 aromatic carbocycles. The third kappa shape index (κ3) is 3.05. The molecule has 0 spiro atoms. The number of para-hydroxylation sites is 1. The molecule has 4 nitrogen and oxygen atoms in total. The summed E-state index contributed by atoms with van der Waals surface area (Å²) in [7, 11) is 0. The van der Waals surface area contributed by atoms with E-state index >= 15 is 0 Å². The van der Waals surface area contributed by atoms with E-state index < -0.39 is 0 Å². The van der Waals surface area contributed by atoms with E-state index in [0.717, 1.165) is 0 Å². The third-order valence-corrected chi connectivity index (χ3v) is 1.36. The Bertz CT molecular complexity index is 274. The first-order valence-electron chi connectivity index (χ1n) is 2.85. The monoisotopic (exact) mass is 187 g/mol.